The van der Waals surface area contributed by atoms with Crippen LogP contribution in [0.3, 0.4) is 0 Å². The van der Waals surface area contributed by atoms with Crippen molar-refractivity contribution < 1.29 is 18.3 Å². The number of hydrogen-bond acceptors (Lipinski definition) is 4. The Labute approximate surface area is 125 Å². The van der Waals surface area contributed by atoms with Crippen molar-refractivity contribution in [3.8, 4) is 0 Å². The van der Waals surface area contributed by atoms with Crippen molar-refractivity contribution in [3.63, 3.8) is 0 Å². The van der Waals surface area contributed by atoms with E-state index in [0.29, 0.717) is 12.4 Å². The number of rotatable bonds is 8. The molecule has 8 heteroatoms. The largest absolute Gasteiger partial charge is 0.481 e. The molecule has 0 fully saturated rings. The van der Waals surface area contributed by atoms with Gasteiger partial charge >= 0.3 is 5.97 Å². The molecule has 0 saturated carbocycles. The lowest BCUT2D eigenvalue weighted by atomic mass is 10.2. The summed E-state index contributed by atoms with van der Waals surface area (Å²) < 4.78 is 28.2. The number of carboxylic acids is 1. The van der Waals surface area contributed by atoms with Crippen LogP contribution in [0.25, 0.3) is 0 Å². The molecule has 0 saturated heterocycles. The van der Waals surface area contributed by atoms with E-state index in [0.717, 1.165) is 6.42 Å². The van der Waals surface area contributed by atoms with Gasteiger partial charge in [-0.3, -0.25) is 4.79 Å². The maximum atomic E-state index is 12.6. The van der Waals surface area contributed by atoms with Crippen LogP contribution in [0.4, 0.5) is 0 Å². The van der Waals surface area contributed by atoms with Crippen molar-refractivity contribution in [2.75, 3.05) is 6.54 Å². The summed E-state index contributed by atoms with van der Waals surface area (Å²) in [5, 5.41) is 8.82. The molecule has 0 aliphatic rings. The summed E-state index contributed by atoms with van der Waals surface area (Å²) in [6.45, 7) is 7.94. The van der Waals surface area contributed by atoms with E-state index in [1.165, 1.54) is 10.5 Å². The maximum absolute atomic E-state index is 12.6. The summed E-state index contributed by atoms with van der Waals surface area (Å²) in [5.41, 5.74) is 0. The first-order valence-corrected chi connectivity index (χ1v) is 8.45. The van der Waals surface area contributed by atoms with Crippen molar-refractivity contribution in [2.24, 2.45) is 0 Å². The molecule has 1 heterocycles. The highest BCUT2D eigenvalue weighted by atomic mass is 32.2. The summed E-state index contributed by atoms with van der Waals surface area (Å²) in [7, 11) is -3.78. The zero-order valence-electron chi connectivity index (χ0n) is 12.9. The minimum absolute atomic E-state index is 0.0208. The van der Waals surface area contributed by atoms with Crippen LogP contribution in [0.5, 0.6) is 0 Å². The van der Waals surface area contributed by atoms with Crippen LogP contribution >= 0.6 is 0 Å². The van der Waals surface area contributed by atoms with Gasteiger partial charge in [0.05, 0.1) is 6.42 Å². The van der Waals surface area contributed by atoms with Gasteiger partial charge in [0.1, 0.15) is 5.82 Å². The minimum atomic E-state index is -3.78. The van der Waals surface area contributed by atoms with E-state index in [9.17, 15) is 13.2 Å². The summed E-state index contributed by atoms with van der Waals surface area (Å²) in [5.74, 6) is -0.388. The van der Waals surface area contributed by atoms with Gasteiger partial charge in [-0.2, -0.15) is 4.31 Å². The average molecular weight is 317 g/mol. The van der Waals surface area contributed by atoms with Gasteiger partial charge in [0, 0.05) is 25.3 Å². The number of aliphatic carboxylic acids is 1. The molecule has 120 valence electrons. The Hall–Kier alpha value is -1.41. The first-order chi connectivity index (χ1) is 9.73. The molecule has 1 aromatic rings. The molecule has 1 N–H and O–H groups in total. The fourth-order valence-corrected chi connectivity index (χ4v) is 3.90. The normalized spacial score (nSPS) is 13.6. The molecular weight excluding hydrogens is 294 g/mol. The van der Waals surface area contributed by atoms with E-state index in [2.05, 4.69) is 4.98 Å². The van der Waals surface area contributed by atoms with Crippen molar-refractivity contribution in [1.82, 2.24) is 13.9 Å². The van der Waals surface area contributed by atoms with Crippen LogP contribution in [0, 0.1) is 6.92 Å². The van der Waals surface area contributed by atoms with Crippen molar-refractivity contribution in [1.29, 1.82) is 0 Å². The molecule has 1 unspecified atom stereocenters. The number of nitrogens with zero attached hydrogens (tertiary/aromatic N) is 3. The second-order valence-electron chi connectivity index (χ2n) is 4.98. The van der Waals surface area contributed by atoms with Crippen LogP contribution < -0.4 is 0 Å². The smallest absolute Gasteiger partial charge is 0.304 e. The van der Waals surface area contributed by atoms with Crippen molar-refractivity contribution >= 4 is 16.0 Å². The Kier molecular flexibility index (Phi) is 5.91. The summed E-state index contributed by atoms with van der Waals surface area (Å²) in [6, 6.07) is -0.617. The van der Waals surface area contributed by atoms with Crippen LogP contribution in [0.2, 0.25) is 0 Å². The minimum Gasteiger partial charge on any atom is -0.481 e. The number of hydrogen-bond donors (Lipinski definition) is 1. The summed E-state index contributed by atoms with van der Waals surface area (Å²) in [4.78, 5) is 14.9. The molecule has 0 aromatic carbocycles. The third-order valence-electron chi connectivity index (χ3n) is 3.26. The Balaban J connectivity index is 3.12. The summed E-state index contributed by atoms with van der Waals surface area (Å²) in [6.07, 6.45) is 2.16. The molecule has 0 spiro atoms. The Morgan fingerprint density at radius 2 is 2.10 bits per heavy atom. The zero-order chi connectivity index (χ0) is 16.2. The molecule has 0 aliphatic heterocycles. The highest BCUT2D eigenvalue weighted by Crippen LogP contribution is 2.19. The Morgan fingerprint density at radius 3 is 2.57 bits per heavy atom. The molecule has 1 aromatic heterocycles. The molecule has 0 amide bonds. The molecule has 21 heavy (non-hydrogen) atoms. The van der Waals surface area contributed by atoms with Gasteiger partial charge in [0.2, 0.25) is 0 Å². The number of imidazole rings is 1. The van der Waals surface area contributed by atoms with Crippen LogP contribution in [0.1, 0.15) is 39.4 Å². The number of carboxylic acid groups (broad SMARTS) is 1. The van der Waals surface area contributed by atoms with Gasteiger partial charge in [0.25, 0.3) is 10.0 Å². The van der Waals surface area contributed by atoms with E-state index < -0.39 is 22.0 Å². The highest BCUT2D eigenvalue weighted by Gasteiger charge is 2.31. The van der Waals surface area contributed by atoms with Gasteiger partial charge in [-0.15, -0.1) is 0 Å². The number of sulfonamides is 1. The topological polar surface area (TPSA) is 92.5 Å². The molecule has 1 atom stereocenters. The predicted octanol–water partition coefficient (Wildman–Crippen LogP) is 1.48. The predicted molar refractivity (Wildman–Crippen MR) is 78.5 cm³/mol. The van der Waals surface area contributed by atoms with E-state index in [1.54, 1.807) is 25.3 Å². The highest BCUT2D eigenvalue weighted by molar-refractivity contribution is 7.89. The Morgan fingerprint density at radius 1 is 1.48 bits per heavy atom. The maximum Gasteiger partial charge on any atom is 0.304 e. The monoisotopic (exact) mass is 317 g/mol. The van der Waals surface area contributed by atoms with Crippen molar-refractivity contribution in [2.45, 2.75) is 58.1 Å². The average Bonchev–Trinajstić information content (AvgIpc) is 2.72. The SMILES string of the molecule is CCCn1cc(S(=O)(=O)N(CC)C(C)CC(=O)O)nc1C. The van der Waals surface area contributed by atoms with Gasteiger partial charge in [-0.05, 0) is 20.3 Å². The first kappa shape index (κ1) is 17.6. The van der Waals surface area contributed by atoms with Gasteiger partial charge in [0.15, 0.2) is 5.03 Å². The lowest BCUT2D eigenvalue weighted by molar-refractivity contribution is -0.137. The number of aryl methyl sites for hydroxylation is 2. The van der Waals surface area contributed by atoms with Crippen LogP contribution in [-0.4, -0.2) is 45.9 Å². The first-order valence-electron chi connectivity index (χ1n) is 7.01. The fraction of sp³-hybridized carbons (Fsp3) is 0.692. The quantitative estimate of drug-likeness (QED) is 0.784. The lowest BCUT2D eigenvalue weighted by Gasteiger charge is -2.24. The second-order valence-corrected chi connectivity index (χ2v) is 6.81. The standard InChI is InChI=1S/C13H23N3O4S/c1-5-7-15-9-12(14-11(15)4)21(19,20)16(6-2)10(3)8-13(17)18/h9-10H,5-8H2,1-4H3,(H,17,18). The zero-order valence-corrected chi connectivity index (χ0v) is 13.7. The molecule has 7 nitrogen and oxygen atoms in total. The number of aromatic nitrogens is 2. The van der Waals surface area contributed by atoms with E-state index >= 15 is 0 Å². The van der Waals surface area contributed by atoms with Gasteiger partial charge in [-0.1, -0.05) is 13.8 Å². The molecule has 0 bridgehead atoms. The van der Waals surface area contributed by atoms with Gasteiger partial charge < -0.3 is 9.67 Å². The second kappa shape index (κ2) is 7.04. The molecule has 1 rings (SSSR count). The molecular formula is C13H23N3O4S. The fourth-order valence-electron chi connectivity index (χ4n) is 2.26. The third kappa shape index (κ3) is 4.04. The van der Waals surface area contributed by atoms with Gasteiger partial charge in [-0.25, -0.2) is 13.4 Å². The van der Waals surface area contributed by atoms with Crippen molar-refractivity contribution in [3.05, 3.63) is 12.0 Å². The third-order valence-corrected chi connectivity index (χ3v) is 5.23. The molecule has 0 aliphatic carbocycles. The van der Waals surface area contributed by atoms with E-state index in [-0.39, 0.29) is 18.0 Å². The number of carbonyl (C=O) groups is 1. The Bertz CT molecular complexity index is 595. The van der Waals surface area contributed by atoms with E-state index in [4.69, 9.17) is 5.11 Å². The molecule has 0 radical (unpaired) electrons. The summed E-state index contributed by atoms with van der Waals surface area (Å²) >= 11 is 0. The van der Waals surface area contributed by atoms with Crippen LogP contribution in [0.15, 0.2) is 11.2 Å². The lowest BCUT2D eigenvalue weighted by Crippen LogP contribution is -2.39. The van der Waals surface area contributed by atoms with E-state index in [1.807, 2.05) is 6.92 Å². The van der Waals surface area contributed by atoms with Crippen LogP contribution in [-0.2, 0) is 21.4 Å².